The lowest BCUT2D eigenvalue weighted by Gasteiger charge is -2.32. The van der Waals surface area contributed by atoms with Crippen LogP contribution in [0.25, 0.3) is 0 Å². The molecule has 0 amide bonds. The van der Waals surface area contributed by atoms with Gasteiger partial charge in [0, 0.05) is 5.41 Å². The maximum absolute atomic E-state index is 2.35. The minimum absolute atomic E-state index is 0.230. The molecule has 3 rings (SSSR count). The Morgan fingerprint density at radius 1 is 0.952 bits per heavy atom. The van der Waals surface area contributed by atoms with E-state index in [1.54, 1.807) is 11.1 Å². The summed E-state index contributed by atoms with van der Waals surface area (Å²) in [5.74, 6) is 0. The standard InChI is InChI=1S/C20H25N/c1-21(2)16-8-14-20(18-10-4-3-5-11-18)15-13-17-9-6-7-12-19(17)20/h3-7,9-12H,8,13-16H2,1-2H3/t20-/m1/s1. The van der Waals surface area contributed by atoms with Crippen LogP contribution in [0, 0.1) is 0 Å². The van der Waals surface area contributed by atoms with E-state index in [0.29, 0.717) is 0 Å². The van der Waals surface area contributed by atoms with Gasteiger partial charge in [-0.05, 0) is 63.0 Å². The summed E-state index contributed by atoms with van der Waals surface area (Å²) >= 11 is 0. The Hall–Kier alpha value is -1.60. The molecule has 0 aliphatic heterocycles. The molecule has 0 unspecified atom stereocenters. The van der Waals surface area contributed by atoms with E-state index in [2.05, 4.69) is 73.6 Å². The number of rotatable bonds is 5. The fourth-order valence-corrected chi connectivity index (χ4v) is 3.85. The second-order valence-corrected chi connectivity index (χ2v) is 6.51. The summed E-state index contributed by atoms with van der Waals surface area (Å²) in [6, 6.07) is 20.2. The number of hydrogen-bond donors (Lipinski definition) is 0. The maximum atomic E-state index is 2.35. The van der Waals surface area contributed by atoms with Gasteiger partial charge in [-0.1, -0.05) is 54.6 Å². The van der Waals surface area contributed by atoms with E-state index < -0.39 is 0 Å². The Bertz CT molecular complexity index is 588. The van der Waals surface area contributed by atoms with Crippen molar-refractivity contribution in [1.82, 2.24) is 4.90 Å². The van der Waals surface area contributed by atoms with Gasteiger partial charge >= 0.3 is 0 Å². The van der Waals surface area contributed by atoms with Crippen LogP contribution in [0.2, 0.25) is 0 Å². The van der Waals surface area contributed by atoms with Gasteiger partial charge in [-0.2, -0.15) is 0 Å². The van der Waals surface area contributed by atoms with E-state index in [1.165, 1.54) is 31.2 Å². The first kappa shape index (κ1) is 14.3. The Morgan fingerprint density at radius 2 is 1.67 bits per heavy atom. The van der Waals surface area contributed by atoms with Gasteiger partial charge in [-0.25, -0.2) is 0 Å². The van der Waals surface area contributed by atoms with Crippen molar-refractivity contribution in [2.24, 2.45) is 0 Å². The average Bonchev–Trinajstić information content (AvgIpc) is 2.88. The highest BCUT2D eigenvalue weighted by molar-refractivity contribution is 5.47. The van der Waals surface area contributed by atoms with Crippen LogP contribution in [0.3, 0.4) is 0 Å². The highest BCUT2D eigenvalue weighted by Crippen LogP contribution is 2.47. The van der Waals surface area contributed by atoms with Crippen molar-refractivity contribution in [2.45, 2.75) is 31.1 Å². The summed E-state index contributed by atoms with van der Waals surface area (Å²) in [6.07, 6.45) is 4.96. The van der Waals surface area contributed by atoms with Gasteiger partial charge in [-0.3, -0.25) is 0 Å². The van der Waals surface area contributed by atoms with Crippen molar-refractivity contribution in [2.75, 3.05) is 20.6 Å². The predicted molar refractivity (Wildman–Crippen MR) is 89.8 cm³/mol. The van der Waals surface area contributed by atoms with Crippen molar-refractivity contribution in [3.63, 3.8) is 0 Å². The molecule has 0 aromatic heterocycles. The van der Waals surface area contributed by atoms with Gasteiger partial charge in [0.1, 0.15) is 0 Å². The lowest BCUT2D eigenvalue weighted by atomic mass is 9.72. The molecule has 1 heteroatoms. The zero-order valence-electron chi connectivity index (χ0n) is 13.2. The van der Waals surface area contributed by atoms with Crippen LogP contribution in [0.5, 0.6) is 0 Å². The minimum atomic E-state index is 0.230. The normalized spacial score (nSPS) is 20.7. The summed E-state index contributed by atoms with van der Waals surface area (Å²) in [6.45, 7) is 1.16. The number of benzene rings is 2. The summed E-state index contributed by atoms with van der Waals surface area (Å²) in [5, 5.41) is 0. The van der Waals surface area contributed by atoms with E-state index in [1.807, 2.05) is 0 Å². The monoisotopic (exact) mass is 279 g/mol. The molecule has 1 aliphatic rings. The van der Waals surface area contributed by atoms with Crippen LogP contribution in [-0.2, 0) is 11.8 Å². The molecule has 21 heavy (non-hydrogen) atoms. The van der Waals surface area contributed by atoms with E-state index in [9.17, 15) is 0 Å². The molecule has 1 aliphatic carbocycles. The third-order valence-electron chi connectivity index (χ3n) is 4.89. The molecule has 0 fully saturated rings. The Labute approximate surface area is 128 Å². The van der Waals surface area contributed by atoms with Crippen molar-refractivity contribution in [3.8, 4) is 0 Å². The lowest BCUT2D eigenvalue weighted by Crippen LogP contribution is -2.26. The molecular weight excluding hydrogens is 254 g/mol. The van der Waals surface area contributed by atoms with Crippen LogP contribution in [0.4, 0.5) is 0 Å². The molecule has 1 nitrogen and oxygen atoms in total. The smallest absolute Gasteiger partial charge is 0.0209 e. The number of fused-ring (bicyclic) bond motifs is 1. The second kappa shape index (κ2) is 6.03. The largest absolute Gasteiger partial charge is 0.309 e. The van der Waals surface area contributed by atoms with Gasteiger partial charge in [0.25, 0.3) is 0 Å². The van der Waals surface area contributed by atoms with Crippen LogP contribution in [0.1, 0.15) is 36.0 Å². The number of hydrogen-bond acceptors (Lipinski definition) is 1. The van der Waals surface area contributed by atoms with Crippen molar-refractivity contribution in [1.29, 1.82) is 0 Å². The SMILES string of the molecule is CN(C)CCC[C@]1(c2ccccc2)CCc2ccccc21. The third kappa shape index (κ3) is 2.75. The third-order valence-corrected chi connectivity index (χ3v) is 4.89. The highest BCUT2D eigenvalue weighted by atomic mass is 15.0. The first-order chi connectivity index (χ1) is 10.2. The fraction of sp³-hybridized carbons (Fsp3) is 0.400. The molecule has 0 spiro atoms. The molecule has 2 aromatic carbocycles. The summed E-state index contributed by atoms with van der Waals surface area (Å²) in [4.78, 5) is 2.29. The van der Waals surface area contributed by atoms with Crippen molar-refractivity contribution >= 4 is 0 Å². The Balaban J connectivity index is 1.97. The zero-order valence-corrected chi connectivity index (χ0v) is 13.2. The van der Waals surface area contributed by atoms with Crippen LogP contribution < -0.4 is 0 Å². The molecule has 1 atom stereocenters. The van der Waals surface area contributed by atoms with Crippen LogP contribution >= 0.6 is 0 Å². The lowest BCUT2D eigenvalue weighted by molar-refractivity contribution is 0.359. The quantitative estimate of drug-likeness (QED) is 0.790. The molecule has 0 heterocycles. The Kier molecular flexibility index (Phi) is 4.12. The van der Waals surface area contributed by atoms with Crippen LogP contribution in [0.15, 0.2) is 54.6 Å². The van der Waals surface area contributed by atoms with E-state index in [4.69, 9.17) is 0 Å². The van der Waals surface area contributed by atoms with Gasteiger partial charge in [0.05, 0.1) is 0 Å². The molecule has 110 valence electrons. The van der Waals surface area contributed by atoms with Crippen molar-refractivity contribution in [3.05, 3.63) is 71.3 Å². The highest BCUT2D eigenvalue weighted by Gasteiger charge is 2.39. The first-order valence-corrected chi connectivity index (χ1v) is 8.01. The fourth-order valence-electron chi connectivity index (χ4n) is 3.85. The van der Waals surface area contributed by atoms with Gasteiger partial charge < -0.3 is 4.90 Å². The second-order valence-electron chi connectivity index (χ2n) is 6.51. The molecule has 0 saturated carbocycles. The average molecular weight is 279 g/mol. The molecule has 2 aromatic rings. The first-order valence-electron chi connectivity index (χ1n) is 8.01. The predicted octanol–water partition coefficient (Wildman–Crippen LogP) is 4.26. The molecule has 0 N–H and O–H groups in total. The molecule has 0 saturated heterocycles. The van der Waals surface area contributed by atoms with E-state index in [-0.39, 0.29) is 5.41 Å². The maximum Gasteiger partial charge on any atom is 0.0209 e. The summed E-state index contributed by atoms with van der Waals surface area (Å²) < 4.78 is 0. The Morgan fingerprint density at radius 3 is 2.43 bits per heavy atom. The molecule has 0 bridgehead atoms. The van der Waals surface area contributed by atoms with Gasteiger partial charge in [-0.15, -0.1) is 0 Å². The molecule has 0 radical (unpaired) electrons. The summed E-state index contributed by atoms with van der Waals surface area (Å²) in [7, 11) is 4.33. The van der Waals surface area contributed by atoms with Crippen LogP contribution in [-0.4, -0.2) is 25.5 Å². The van der Waals surface area contributed by atoms with Gasteiger partial charge in [0.2, 0.25) is 0 Å². The van der Waals surface area contributed by atoms with Gasteiger partial charge in [0.15, 0.2) is 0 Å². The van der Waals surface area contributed by atoms with E-state index >= 15 is 0 Å². The number of nitrogens with zero attached hydrogens (tertiary/aromatic N) is 1. The topological polar surface area (TPSA) is 3.24 Å². The summed E-state index contributed by atoms with van der Waals surface area (Å²) in [5.41, 5.74) is 4.84. The van der Waals surface area contributed by atoms with Crippen molar-refractivity contribution < 1.29 is 0 Å². The minimum Gasteiger partial charge on any atom is -0.309 e. The zero-order chi connectivity index (χ0) is 14.7. The van der Waals surface area contributed by atoms with E-state index in [0.717, 1.165) is 6.54 Å². The number of aryl methyl sites for hydroxylation is 1. The molecular formula is C20H25N.